The van der Waals surface area contributed by atoms with E-state index in [-0.39, 0.29) is 11.9 Å². The Morgan fingerprint density at radius 1 is 1.21 bits per heavy atom. The van der Waals surface area contributed by atoms with Crippen molar-refractivity contribution in [1.29, 1.82) is 0 Å². The Morgan fingerprint density at radius 2 is 2.04 bits per heavy atom. The summed E-state index contributed by atoms with van der Waals surface area (Å²) in [5.41, 5.74) is 2.83. The van der Waals surface area contributed by atoms with Gasteiger partial charge in [0.15, 0.2) is 0 Å². The van der Waals surface area contributed by atoms with E-state index in [0.717, 1.165) is 12.0 Å². The first-order valence-corrected chi connectivity index (χ1v) is 8.84. The molecule has 0 radical (unpaired) electrons. The quantitative estimate of drug-likeness (QED) is 0.718. The van der Waals surface area contributed by atoms with E-state index in [1.807, 2.05) is 23.1 Å². The number of thiophene rings is 1. The Bertz CT molecular complexity index is 875. The highest BCUT2D eigenvalue weighted by Crippen LogP contribution is 2.38. The van der Waals surface area contributed by atoms with Crippen molar-refractivity contribution in [3.8, 4) is 0 Å². The summed E-state index contributed by atoms with van der Waals surface area (Å²) in [7, 11) is 0. The molecule has 0 bridgehead atoms. The summed E-state index contributed by atoms with van der Waals surface area (Å²) in [5.74, 6) is 0.580. The number of rotatable bonds is 2. The van der Waals surface area contributed by atoms with Gasteiger partial charge in [0.25, 0.3) is 5.91 Å². The molecule has 4 rings (SSSR count). The van der Waals surface area contributed by atoms with Crippen LogP contribution in [0, 0.1) is 6.92 Å². The van der Waals surface area contributed by atoms with Crippen LogP contribution in [0.4, 0.5) is 0 Å². The molecule has 3 aromatic rings. The number of aromatic nitrogens is 2. The van der Waals surface area contributed by atoms with E-state index in [0.29, 0.717) is 18.1 Å². The normalized spacial score (nSPS) is 16.7. The summed E-state index contributed by atoms with van der Waals surface area (Å²) in [5, 5.41) is 2.11. The minimum absolute atomic E-state index is 0.0359. The van der Waals surface area contributed by atoms with E-state index in [9.17, 15) is 4.79 Å². The number of benzene rings is 1. The molecule has 5 heteroatoms. The van der Waals surface area contributed by atoms with Gasteiger partial charge in [0.1, 0.15) is 11.5 Å². The number of nitrogens with zero attached hydrogens (tertiary/aromatic N) is 3. The minimum Gasteiger partial charge on any atom is -0.326 e. The molecule has 1 aliphatic heterocycles. The highest BCUT2D eigenvalue weighted by atomic mass is 32.1. The molecule has 0 saturated carbocycles. The third-order valence-electron chi connectivity index (χ3n) is 4.34. The van der Waals surface area contributed by atoms with Gasteiger partial charge in [0.2, 0.25) is 0 Å². The highest BCUT2D eigenvalue weighted by Gasteiger charge is 2.33. The van der Waals surface area contributed by atoms with Crippen molar-refractivity contribution in [2.75, 3.05) is 6.54 Å². The Balaban J connectivity index is 1.78. The summed E-state index contributed by atoms with van der Waals surface area (Å²) in [4.78, 5) is 24.8. The molecule has 120 valence electrons. The third-order valence-corrected chi connectivity index (χ3v) is 5.33. The van der Waals surface area contributed by atoms with E-state index in [1.165, 1.54) is 10.4 Å². The molecule has 0 saturated heterocycles. The van der Waals surface area contributed by atoms with Crippen molar-refractivity contribution in [1.82, 2.24) is 14.9 Å². The van der Waals surface area contributed by atoms with Gasteiger partial charge < -0.3 is 4.90 Å². The van der Waals surface area contributed by atoms with Gasteiger partial charge in [-0.1, -0.05) is 30.3 Å². The van der Waals surface area contributed by atoms with Crippen LogP contribution in [-0.2, 0) is 6.42 Å². The monoisotopic (exact) mass is 335 g/mol. The second-order valence-corrected chi connectivity index (χ2v) is 6.85. The predicted molar refractivity (Wildman–Crippen MR) is 94.1 cm³/mol. The first kappa shape index (κ1) is 15.0. The molecular formula is C19H17N3OS. The second-order valence-electron chi connectivity index (χ2n) is 5.85. The molecule has 2 aromatic heterocycles. The van der Waals surface area contributed by atoms with Crippen molar-refractivity contribution in [2.45, 2.75) is 19.4 Å². The van der Waals surface area contributed by atoms with Crippen LogP contribution >= 0.6 is 11.3 Å². The third kappa shape index (κ3) is 2.61. The molecule has 0 N–H and O–H groups in total. The number of hydrogen-bond donors (Lipinski definition) is 0. The first-order chi connectivity index (χ1) is 11.7. The predicted octanol–water partition coefficient (Wildman–Crippen LogP) is 3.63. The number of fused-ring (bicyclic) bond motifs is 1. The molecule has 1 atom stereocenters. The molecule has 3 heterocycles. The molecule has 0 unspecified atom stereocenters. The average Bonchev–Trinajstić information content (AvgIpc) is 3.09. The molecule has 0 aliphatic carbocycles. The number of carbonyl (C=O) groups is 1. The summed E-state index contributed by atoms with van der Waals surface area (Å²) in [6.07, 6.45) is 2.54. The fraction of sp³-hybridized carbons (Fsp3) is 0.211. The maximum Gasteiger partial charge on any atom is 0.273 e. The Kier molecular flexibility index (Phi) is 3.86. The number of aryl methyl sites for hydroxylation is 1. The average molecular weight is 335 g/mol. The summed E-state index contributed by atoms with van der Waals surface area (Å²) in [6.45, 7) is 2.51. The molecule has 4 nitrogen and oxygen atoms in total. The molecule has 1 aromatic carbocycles. The summed E-state index contributed by atoms with van der Waals surface area (Å²) >= 11 is 1.77. The standard InChI is InChI=1S/C19H17N3OS/c1-13-20-10-7-16(21-13)19(23)22-11-8-17-15(9-12-24-17)18(22)14-5-3-2-4-6-14/h2-7,9-10,12,18H,8,11H2,1H3/t18-/m0/s1. The van der Waals surface area contributed by atoms with Crippen LogP contribution in [0.3, 0.4) is 0 Å². The smallest absolute Gasteiger partial charge is 0.273 e. The Morgan fingerprint density at radius 3 is 2.83 bits per heavy atom. The van der Waals surface area contributed by atoms with Gasteiger partial charge in [-0.2, -0.15) is 0 Å². The maximum absolute atomic E-state index is 13.1. The van der Waals surface area contributed by atoms with Crippen LogP contribution in [0.15, 0.2) is 54.0 Å². The zero-order valence-corrected chi connectivity index (χ0v) is 14.2. The molecule has 0 spiro atoms. The van der Waals surface area contributed by atoms with Gasteiger partial charge in [-0.05, 0) is 42.0 Å². The van der Waals surface area contributed by atoms with Crippen molar-refractivity contribution in [2.24, 2.45) is 0 Å². The number of hydrogen-bond acceptors (Lipinski definition) is 4. The summed E-state index contributed by atoms with van der Waals surface area (Å²) < 4.78 is 0. The SMILES string of the molecule is Cc1nccc(C(=O)N2CCc3sccc3[C@@H]2c2ccccc2)n1. The molecule has 1 aliphatic rings. The van der Waals surface area contributed by atoms with E-state index in [1.54, 1.807) is 30.5 Å². The lowest BCUT2D eigenvalue weighted by molar-refractivity contribution is 0.0689. The molecule has 1 amide bonds. The van der Waals surface area contributed by atoms with Crippen molar-refractivity contribution in [3.05, 3.63) is 81.6 Å². The van der Waals surface area contributed by atoms with Gasteiger partial charge in [-0.3, -0.25) is 4.79 Å². The Hall–Kier alpha value is -2.53. The molecule has 24 heavy (non-hydrogen) atoms. The van der Waals surface area contributed by atoms with E-state index in [4.69, 9.17) is 0 Å². The van der Waals surface area contributed by atoms with Gasteiger partial charge in [0.05, 0.1) is 6.04 Å². The lowest BCUT2D eigenvalue weighted by Gasteiger charge is -2.36. The Labute approximate surface area is 144 Å². The zero-order chi connectivity index (χ0) is 16.5. The topological polar surface area (TPSA) is 46.1 Å². The largest absolute Gasteiger partial charge is 0.326 e. The minimum atomic E-state index is -0.0519. The number of carbonyl (C=O) groups excluding carboxylic acids is 1. The summed E-state index contributed by atoms with van der Waals surface area (Å²) in [6, 6.07) is 14.0. The van der Waals surface area contributed by atoms with Gasteiger partial charge in [0, 0.05) is 17.6 Å². The maximum atomic E-state index is 13.1. The van der Waals surface area contributed by atoms with E-state index in [2.05, 4.69) is 33.5 Å². The molecule has 0 fully saturated rings. The van der Waals surface area contributed by atoms with Crippen LogP contribution in [-0.4, -0.2) is 27.3 Å². The van der Waals surface area contributed by atoms with E-state index < -0.39 is 0 Å². The van der Waals surface area contributed by atoms with Crippen LogP contribution in [0.5, 0.6) is 0 Å². The van der Waals surface area contributed by atoms with Gasteiger partial charge in [-0.15, -0.1) is 11.3 Å². The van der Waals surface area contributed by atoms with Crippen LogP contribution in [0.1, 0.15) is 38.4 Å². The van der Waals surface area contributed by atoms with Gasteiger partial charge >= 0.3 is 0 Å². The van der Waals surface area contributed by atoms with Crippen molar-refractivity contribution >= 4 is 17.2 Å². The fourth-order valence-electron chi connectivity index (χ4n) is 3.25. The lowest BCUT2D eigenvalue weighted by Crippen LogP contribution is -2.40. The van der Waals surface area contributed by atoms with Gasteiger partial charge in [-0.25, -0.2) is 9.97 Å². The fourth-order valence-corrected chi connectivity index (χ4v) is 4.16. The zero-order valence-electron chi connectivity index (χ0n) is 13.3. The second kappa shape index (κ2) is 6.17. The van der Waals surface area contributed by atoms with Crippen molar-refractivity contribution in [3.63, 3.8) is 0 Å². The van der Waals surface area contributed by atoms with Crippen LogP contribution < -0.4 is 0 Å². The first-order valence-electron chi connectivity index (χ1n) is 7.96. The van der Waals surface area contributed by atoms with Crippen LogP contribution in [0.2, 0.25) is 0 Å². The highest BCUT2D eigenvalue weighted by molar-refractivity contribution is 7.10. The van der Waals surface area contributed by atoms with E-state index >= 15 is 0 Å². The molecular weight excluding hydrogens is 318 g/mol. The van der Waals surface area contributed by atoms with Crippen molar-refractivity contribution < 1.29 is 4.79 Å². The lowest BCUT2D eigenvalue weighted by atomic mass is 9.93. The van der Waals surface area contributed by atoms with Crippen LogP contribution in [0.25, 0.3) is 0 Å². The number of amides is 1.